The zero-order valence-electron chi connectivity index (χ0n) is 27.3. The first-order valence-corrected chi connectivity index (χ1v) is 16.7. The number of esters is 4. The lowest BCUT2D eigenvalue weighted by molar-refractivity contribution is -0.141. The molecular formula is C37H34Br2N2O8. The summed E-state index contributed by atoms with van der Waals surface area (Å²) >= 11 is 7.41. The Morgan fingerprint density at radius 3 is 1.10 bits per heavy atom. The normalized spacial score (nSPS) is 12.3. The van der Waals surface area contributed by atoms with Gasteiger partial charge in [-0.2, -0.15) is 0 Å². The van der Waals surface area contributed by atoms with Crippen molar-refractivity contribution in [2.45, 2.75) is 5.41 Å². The van der Waals surface area contributed by atoms with Crippen LogP contribution in [0.1, 0.15) is 22.3 Å². The van der Waals surface area contributed by atoms with Gasteiger partial charge in [-0.1, -0.05) is 68.3 Å². The predicted octanol–water partition coefficient (Wildman–Crippen LogP) is 5.88. The zero-order chi connectivity index (χ0) is 35.3. The Kier molecular flexibility index (Phi) is 11.1. The van der Waals surface area contributed by atoms with Gasteiger partial charge in [0.1, 0.15) is 26.2 Å². The van der Waals surface area contributed by atoms with Gasteiger partial charge in [0, 0.05) is 20.3 Å². The van der Waals surface area contributed by atoms with E-state index in [1.807, 2.05) is 60.7 Å². The van der Waals surface area contributed by atoms with Gasteiger partial charge in [0.25, 0.3) is 0 Å². The van der Waals surface area contributed by atoms with Crippen LogP contribution in [0.15, 0.2) is 93.9 Å². The van der Waals surface area contributed by atoms with Crippen molar-refractivity contribution in [3.05, 3.63) is 116 Å². The van der Waals surface area contributed by atoms with Gasteiger partial charge in [-0.25, -0.2) is 0 Å². The van der Waals surface area contributed by atoms with E-state index in [2.05, 4.69) is 56.1 Å². The predicted molar refractivity (Wildman–Crippen MR) is 192 cm³/mol. The lowest BCUT2D eigenvalue weighted by Gasteiger charge is -2.35. The van der Waals surface area contributed by atoms with E-state index in [0.717, 1.165) is 42.3 Å². The Labute approximate surface area is 301 Å². The van der Waals surface area contributed by atoms with Crippen molar-refractivity contribution in [3.8, 4) is 11.1 Å². The number of halogens is 2. The van der Waals surface area contributed by atoms with Crippen LogP contribution in [-0.4, -0.2) is 78.5 Å². The third-order valence-corrected chi connectivity index (χ3v) is 9.57. The molecule has 0 saturated carbocycles. The zero-order valence-corrected chi connectivity index (χ0v) is 30.5. The molecule has 254 valence electrons. The molecule has 4 aromatic rings. The SMILES string of the molecule is COC(=O)CN(CC(=O)OC)c1ccc(C2(c3ccc(N(CC(=O)OC)CC(=O)OC)cc3)c3cc(Br)ccc3-c3ccc(Br)cc32)cc1. The molecule has 0 amide bonds. The fourth-order valence-corrected chi connectivity index (χ4v) is 6.98. The number of carbonyl (C=O) groups is 4. The molecule has 10 nitrogen and oxygen atoms in total. The van der Waals surface area contributed by atoms with Crippen LogP contribution in [0.2, 0.25) is 0 Å². The Bertz CT molecular complexity index is 1710. The van der Waals surface area contributed by atoms with Gasteiger partial charge in [0.2, 0.25) is 0 Å². The molecule has 0 aromatic heterocycles. The minimum atomic E-state index is -0.819. The number of nitrogens with zero attached hydrogens (tertiary/aromatic N) is 2. The van der Waals surface area contributed by atoms with Crippen LogP contribution >= 0.6 is 31.9 Å². The van der Waals surface area contributed by atoms with Crippen LogP contribution in [0.3, 0.4) is 0 Å². The molecule has 5 rings (SSSR count). The fraction of sp³-hybridized carbons (Fsp3) is 0.243. The van der Waals surface area contributed by atoms with Crippen molar-refractivity contribution in [3.63, 3.8) is 0 Å². The fourth-order valence-electron chi connectivity index (χ4n) is 6.26. The largest absolute Gasteiger partial charge is 0.468 e. The summed E-state index contributed by atoms with van der Waals surface area (Å²) in [7, 11) is 5.19. The molecule has 0 atom stereocenters. The molecule has 0 unspecified atom stereocenters. The molecule has 0 saturated heterocycles. The average Bonchev–Trinajstić information content (AvgIpc) is 3.39. The average molecular weight is 794 g/mol. The summed E-state index contributed by atoms with van der Waals surface area (Å²) < 4.78 is 21.3. The number of anilines is 2. The van der Waals surface area contributed by atoms with Crippen LogP contribution in [-0.2, 0) is 43.5 Å². The second-order valence-corrected chi connectivity index (χ2v) is 13.1. The molecule has 0 bridgehead atoms. The molecule has 0 N–H and O–H groups in total. The molecule has 0 aliphatic heterocycles. The van der Waals surface area contributed by atoms with Crippen LogP contribution in [0.4, 0.5) is 11.4 Å². The van der Waals surface area contributed by atoms with Gasteiger partial charge < -0.3 is 28.7 Å². The Balaban J connectivity index is 1.70. The van der Waals surface area contributed by atoms with E-state index in [9.17, 15) is 19.2 Å². The van der Waals surface area contributed by atoms with E-state index in [4.69, 9.17) is 18.9 Å². The minimum Gasteiger partial charge on any atom is -0.468 e. The summed E-state index contributed by atoms with van der Waals surface area (Å²) in [5, 5.41) is 0. The summed E-state index contributed by atoms with van der Waals surface area (Å²) in [5.74, 6) is -1.98. The highest BCUT2D eigenvalue weighted by Gasteiger charge is 2.46. The molecular weight excluding hydrogens is 760 g/mol. The van der Waals surface area contributed by atoms with Crippen LogP contribution in [0.5, 0.6) is 0 Å². The summed E-state index contributed by atoms with van der Waals surface area (Å²) in [6, 6.07) is 27.9. The van der Waals surface area contributed by atoms with Gasteiger partial charge in [0.05, 0.1) is 33.9 Å². The number of hydrogen-bond acceptors (Lipinski definition) is 10. The highest BCUT2D eigenvalue weighted by Crippen LogP contribution is 2.57. The molecule has 1 aliphatic carbocycles. The highest BCUT2D eigenvalue weighted by atomic mass is 79.9. The van der Waals surface area contributed by atoms with Crippen LogP contribution in [0, 0.1) is 0 Å². The van der Waals surface area contributed by atoms with E-state index in [1.54, 1.807) is 9.80 Å². The summed E-state index contributed by atoms with van der Waals surface area (Å²) in [4.78, 5) is 52.3. The molecule has 0 fully saturated rings. The standard InChI is InChI=1S/C37H34Br2N2O8/c1-46-33(42)19-40(20-34(43)47-2)27-11-5-23(6-12-27)37(31-17-25(38)9-15-29(31)30-16-10-26(39)18-32(30)37)24-7-13-28(14-8-24)41(21-35(44)48-3)22-36(45)49-4/h5-18H,19-22H2,1-4H3. The van der Waals surface area contributed by atoms with Crippen molar-refractivity contribution < 1.29 is 38.1 Å². The molecule has 0 spiro atoms. The number of ether oxygens (including phenoxy) is 4. The van der Waals surface area contributed by atoms with E-state index in [0.29, 0.717) is 11.4 Å². The molecule has 1 aliphatic rings. The number of benzene rings is 4. The first kappa shape index (κ1) is 35.6. The first-order valence-electron chi connectivity index (χ1n) is 15.1. The van der Waals surface area contributed by atoms with Gasteiger partial charge in [0.15, 0.2) is 0 Å². The molecule has 0 heterocycles. The van der Waals surface area contributed by atoms with Crippen molar-refractivity contribution in [1.29, 1.82) is 0 Å². The Hall–Kier alpha value is -4.68. The molecule has 12 heteroatoms. The van der Waals surface area contributed by atoms with E-state index < -0.39 is 29.3 Å². The van der Waals surface area contributed by atoms with E-state index >= 15 is 0 Å². The van der Waals surface area contributed by atoms with Crippen molar-refractivity contribution in [1.82, 2.24) is 0 Å². The topological polar surface area (TPSA) is 112 Å². The molecule has 49 heavy (non-hydrogen) atoms. The molecule has 0 radical (unpaired) electrons. The third-order valence-electron chi connectivity index (χ3n) is 8.58. The Morgan fingerprint density at radius 2 is 0.816 bits per heavy atom. The summed E-state index contributed by atoms with van der Waals surface area (Å²) in [6.07, 6.45) is 0. The summed E-state index contributed by atoms with van der Waals surface area (Å²) in [5.41, 5.74) is 6.51. The number of carbonyl (C=O) groups excluding carboxylic acids is 4. The lowest BCUT2D eigenvalue weighted by Crippen LogP contribution is -2.36. The van der Waals surface area contributed by atoms with Gasteiger partial charge in [-0.05, 0) is 81.9 Å². The van der Waals surface area contributed by atoms with E-state index in [1.165, 1.54) is 28.4 Å². The quantitative estimate of drug-likeness (QED) is 0.112. The van der Waals surface area contributed by atoms with E-state index in [-0.39, 0.29) is 26.2 Å². The van der Waals surface area contributed by atoms with Crippen LogP contribution in [0.25, 0.3) is 11.1 Å². The second-order valence-electron chi connectivity index (χ2n) is 11.2. The highest BCUT2D eigenvalue weighted by molar-refractivity contribution is 9.10. The maximum Gasteiger partial charge on any atom is 0.325 e. The third kappa shape index (κ3) is 7.20. The molecule has 4 aromatic carbocycles. The first-order chi connectivity index (χ1) is 23.5. The number of fused-ring (bicyclic) bond motifs is 3. The number of methoxy groups -OCH3 is 4. The maximum atomic E-state index is 12.3. The smallest absolute Gasteiger partial charge is 0.325 e. The van der Waals surface area contributed by atoms with Crippen LogP contribution < -0.4 is 9.80 Å². The van der Waals surface area contributed by atoms with Crippen molar-refractivity contribution in [2.24, 2.45) is 0 Å². The monoisotopic (exact) mass is 792 g/mol. The number of rotatable bonds is 12. The van der Waals surface area contributed by atoms with Gasteiger partial charge in [-0.15, -0.1) is 0 Å². The lowest BCUT2D eigenvalue weighted by atomic mass is 9.67. The van der Waals surface area contributed by atoms with Crippen molar-refractivity contribution in [2.75, 3.05) is 64.4 Å². The number of hydrogen-bond donors (Lipinski definition) is 0. The van der Waals surface area contributed by atoms with Gasteiger partial charge in [-0.3, -0.25) is 19.2 Å². The van der Waals surface area contributed by atoms with Crippen molar-refractivity contribution >= 4 is 67.1 Å². The summed E-state index contributed by atoms with van der Waals surface area (Å²) in [6.45, 7) is -0.568. The van der Waals surface area contributed by atoms with Gasteiger partial charge >= 0.3 is 23.9 Å². The maximum absolute atomic E-state index is 12.3. The second kappa shape index (κ2) is 15.3. The Morgan fingerprint density at radius 1 is 0.510 bits per heavy atom. The minimum absolute atomic E-state index is 0.142.